The van der Waals surface area contributed by atoms with Crippen LogP contribution in [-0.4, -0.2) is 61.0 Å². The van der Waals surface area contributed by atoms with Crippen molar-refractivity contribution in [1.82, 2.24) is 15.1 Å². The summed E-state index contributed by atoms with van der Waals surface area (Å²) in [6, 6.07) is 10.3. The van der Waals surface area contributed by atoms with E-state index in [4.69, 9.17) is 5.73 Å². The Hall–Kier alpha value is -0.560. The molecule has 0 unspecified atom stereocenters. The summed E-state index contributed by atoms with van der Waals surface area (Å²) in [6.07, 6.45) is 2.89. The van der Waals surface area contributed by atoms with Crippen molar-refractivity contribution in [3.8, 4) is 0 Å². The van der Waals surface area contributed by atoms with Gasteiger partial charge in [-0.05, 0) is 37.3 Å². The number of hydrogen-bond acceptors (Lipinski definition) is 4. The lowest BCUT2D eigenvalue weighted by atomic mass is 10.0. The summed E-state index contributed by atoms with van der Waals surface area (Å²) in [7, 11) is 0. The number of carbonyl (C=O) groups excluding carboxylic acids is 1. The highest BCUT2D eigenvalue weighted by Crippen LogP contribution is 2.09. The van der Waals surface area contributed by atoms with Crippen LogP contribution in [0.1, 0.15) is 38.7 Å². The zero-order chi connectivity index (χ0) is 18.8. The molecule has 0 saturated carbocycles. The zero-order valence-corrected chi connectivity index (χ0v) is 20.2. The van der Waals surface area contributed by atoms with Gasteiger partial charge in [0.05, 0.1) is 6.04 Å². The average Bonchev–Trinajstić information content (AvgIpc) is 2.63. The maximum Gasteiger partial charge on any atom is 0.236 e. The predicted octanol–water partition coefficient (Wildman–Crippen LogP) is 3.34. The van der Waals surface area contributed by atoms with Crippen molar-refractivity contribution in [3.05, 3.63) is 35.9 Å². The lowest BCUT2D eigenvalue weighted by Gasteiger charge is -2.34. The number of nitrogens with two attached hydrogens (primary N) is 1. The van der Waals surface area contributed by atoms with Crippen molar-refractivity contribution >= 4 is 43.1 Å². The number of hydrogen-bond donors (Lipinski definition) is 2. The van der Waals surface area contributed by atoms with Crippen LogP contribution in [0.25, 0.3) is 0 Å². The van der Waals surface area contributed by atoms with E-state index < -0.39 is 0 Å². The highest BCUT2D eigenvalue weighted by atomic mass is 35.5. The van der Waals surface area contributed by atoms with E-state index in [1.807, 2.05) is 0 Å². The number of amides is 1. The molecule has 1 aliphatic heterocycles. The summed E-state index contributed by atoms with van der Waals surface area (Å²) < 4.78 is 0. The Bertz CT molecular complexity index is 526. The summed E-state index contributed by atoms with van der Waals surface area (Å²) in [5, 5.41) is 2.97. The highest BCUT2D eigenvalue weighted by molar-refractivity contribution is 5.86. The Morgan fingerprint density at radius 3 is 2.17 bits per heavy atom. The van der Waals surface area contributed by atoms with Crippen molar-refractivity contribution in [2.45, 2.75) is 45.7 Å². The van der Waals surface area contributed by atoms with Crippen LogP contribution in [0.15, 0.2) is 30.3 Å². The second-order valence-corrected chi connectivity index (χ2v) is 7.84. The van der Waals surface area contributed by atoms with Crippen LogP contribution in [0.5, 0.6) is 0 Å². The molecule has 8 heteroatoms. The van der Waals surface area contributed by atoms with Gasteiger partial charge in [0.25, 0.3) is 0 Å². The van der Waals surface area contributed by atoms with E-state index in [0.29, 0.717) is 5.92 Å². The number of halogens is 3. The maximum absolute atomic E-state index is 11.9. The van der Waals surface area contributed by atoms with Gasteiger partial charge in [-0.1, -0.05) is 44.2 Å². The number of unbranched alkanes of at least 4 members (excludes halogenated alkanes) is 1. The van der Waals surface area contributed by atoms with E-state index in [9.17, 15) is 4.79 Å². The molecule has 0 spiro atoms. The Morgan fingerprint density at radius 1 is 1.00 bits per heavy atom. The Balaban J connectivity index is 0. The molecule has 0 radical (unpaired) electrons. The number of carbonyl (C=O) groups is 1. The first-order valence-electron chi connectivity index (χ1n) is 10.1. The molecule has 1 saturated heterocycles. The molecule has 29 heavy (non-hydrogen) atoms. The van der Waals surface area contributed by atoms with Crippen LogP contribution in [0.3, 0.4) is 0 Å². The summed E-state index contributed by atoms with van der Waals surface area (Å²) in [6.45, 7) is 11.6. The van der Waals surface area contributed by atoms with Gasteiger partial charge in [0.1, 0.15) is 0 Å². The third-order valence-electron chi connectivity index (χ3n) is 4.98. The van der Waals surface area contributed by atoms with Gasteiger partial charge in [0.15, 0.2) is 0 Å². The topological polar surface area (TPSA) is 61.6 Å². The fourth-order valence-corrected chi connectivity index (χ4v) is 3.43. The predicted molar refractivity (Wildman–Crippen MR) is 130 cm³/mol. The number of nitrogens with one attached hydrogen (secondary N) is 1. The Morgan fingerprint density at radius 2 is 1.59 bits per heavy atom. The number of rotatable bonds is 10. The Labute approximate surface area is 195 Å². The number of piperazine rings is 1. The van der Waals surface area contributed by atoms with Crippen LogP contribution < -0.4 is 11.1 Å². The van der Waals surface area contributed by atoms with E-state index in [2.05, 4.69) is 59.3 Å². The normalized spacial score (nSPS) is 15.6. The van der Waals surface area contributed by atoms with Crippen LogP contribution in [0.4, 0.5) is 0 Å². The summed E-state index contributed by atoms with van der Waals surface area (Å²) >= 11 is 0. The monoisotopic (exact) mass is 468 g/mol. The second kappa shape index (κ2) is 17.2. The number of benzene rings is 1. The minimum atomic E-state index is -0.368. The average molecular weight is 470 g/mol. The molecule has 0 bridgehead atoms. The molecule has 170 valence electrons. The minimum Gasteiger partial charge on any atom is -0.355 e. The van der Waals surface area contributed by atoms with E-state index in [0.717, 1.165) is 65.1 Å². The Kier molecular flexibility index (Phi) is 18.1. The van der Waals surface area contributed by atoms with E-state index >= 15 is 0 Å². The molecule has 5 nitrogen and oxygen atoms in total. The van der Waals surface area contributed by atoms with Gasteiger partial charge >= 0.3 is 0 Å². The largest absolute Gasteiger partial charge is 0.355 e. The number of nitrogens with zero attached hydrogens (tertiary/aromatic N) is 2. The van der Waals surface area contributed by atoms with E-state index in [-0.39, 0.29) is 49.2 Å². The van der Waals surface area contributed by atoms with Gasteiger partial charge in [-0.15, -0.1) is 37.2 Å². The second-order valence-electron chi connectivity index (χ2n) is 7.84. The molecule has 1 aliphatic rings. The lowest BCUT2D eigenvalue weighted by Crippen LogP contribution is -2.46. The van der Waals surface area contributed by atoms with E-state index in [1.165, 1.54) is 5.56 Å². The van der Waals surface area contributed by atoms with Gasteiger partial charge < -0.3 is 16.0 Å². The minimum absolute atomic E-state index is 0. The van der Waals surface area contributed by atoms with Crippen molar-refractivity contribution in [2.24, 2.45) is 11.7 Å². The van der Waals surface area contributed by atoms with Crippen LogP contribution in [0, 0.1) is 5.92 Å². The molecule has 1 aromatic carbocycles. The quantitative estimate of drug-likeness (QED) is 0.516. The third-order valence-corrected chi connectivity index (χ3v) is 4.98. The molecular formula is C21H39Cl3N4O. The molecule has 2 rings (SSSR count). The fraction of sp³-hybridized carbons (Fsp3) is 0.667. The summed E-state index contributed by atoms with van der Waals surface area (Å²) in [5.74, 6) is 0.449. The smallest absolute Gasteiger partial charge is 0.236 e. The van der Waals surface area contributed by atoms with Crippen LogP contribution in [-0.2, 0) is 11.3 Å². The maximum atomic E-state index is 11.9. The molecule has 1 amide bonds. The first-order chi connectivity index (χ1) is 12.5. The highest BCUT2D eigenvalue weighted by Gasteiger charge is 2.17. The third kappa shape index (κ3) is 12.7. The zero-order valence-electron chi connectivity index (χ0n) is 17.7. The first-order valence-corrected chi connectivity index (χ1v) is 10.1. The van der Waals surface area contributed by atoms with Gasteiger partial charge in [-0.25, -0.2) is 0 Å². The molecule has 1 aromatic rings. The molecule has 0 aliphatic carbocycles. The molecule has 0 aromatic heterocycles. The van der Waals surface area contributed by atoms with Crippen molar-refractivity contribution in [3.63, 3.8) is 0 Å². The van der Waals surface area contributed by atoms with Gasteiger partial charge in [-0.3, -0.25) is 9.69 Å². The van der Waals surface area contributed by atoms with Crippen LogP contribution in [0.2, 0.25) is 0 Å². The van der Waals surface area contributed by atoms with Crippen molar-refractivity contribution in [2.75, 3.05) is 39.3 Å². The van der Waals surface area contributed by atoms with Crippen molar-refractivity contribution in [1.29, 1.82) is 0 Å². The van der Waals surface area contributed by atoms with Gasteiger partial charge in [0, 0.05) is 39.3 Å². The molecule has 1 fully saturated rings. The summed E-state index contributed by atoms with van der Waals surface area (Å²) in [5.41, 5.74) is 7.29. The fourth-order valence-electron chi connectivity index (χ4n) is 3.43. The molecule has 1 atom stereocenters. The first kappa shape index (κ1) is 30.6. The molecule has 3 N–H and O–H groups in total. The van der Waals surface area contributed by atoms with Crippen molar-refractivity contribution < 1.29 is 4.79 Å². The summed E-state index contributed by atoms with van der Waals surface area (Å²) in [4.78, 5) is 16.9. The van der Waals surface area contributed by atoms with Gasteiger partial charge in [0.2, 0.25) is 5.91 Å². The molecule has 1 heterocycles. The van der Waals surface area contributed by atoms with E-state index in [1.54, 1.807) is 0 Å². The van der Waals surface area contributed by atoms with Crippen LogP contribution >= 0.6 is 37.2 Å². The standard InChI is InChI=1S/C21H36N4O.3ClH/c1-18(2)16-20(22)21(26)23-10-6-7-11-24-12-14-25(15-13-24)17-19-8-4-3-5-9-19;;;/h3-5,8-9,18,20H,6-7,10-17,22H2,1-2H3,(H,23,26);3*1H/t20-;;;/m0.../s1. The SMILES string of the molecule is CC(C)C[C@H](N)C(=O)NCCCCN1CCN(Cc2ccccc2)CC1.Cl.Cl.Cl. The van der Waals surface area contributed by atoms with Gasteiger partial charge in [-0.2, -0.15) is 0 Å². The lowest BCUT2D eigenvalue weighted by molar-refractivity contribution is -0.122. The molecular weight excluding hydrogens is 431 g/mol.